The number of fused-ring (bicyclic) bond motifs is 2. The van der Waals surface area contributed by atoms with E-state index in [1.165, 1.54) is 12.1 Å². The van der Waals surface area contributed by atoms with Crippen molar-refractivity contribution in [2.75, 3.05) is 18.1 Å². The lowest BCUT2D eigenvalue weighted by Crippen LogP contribution is -2.61. The van der Waals surface area contributed by atoms with Crippen molar-refractivity contribution in [3.05, 3.63) is 138 Å². The third-order valence-corrected chi connectivity index (χ3v) is 16.2. The van der Waals surface area contributed by atoms with Gasteiger partial charge >= 0.3 is 0 Å². The zero-order chi connectivity index (χ0) is 57.3. The summed E-state index contributed by atoms with van der Waals surface area (Å²) in [6.07, 6.45) is 4.31. The summed E-state index contributed by atoms with van der Waals surface area (Å²) in [4.78, 5) is 121. The number of unbranched alkanes of at least 4 members (excludes halogenated alkanes) is 1. The van der Waals surface area contributed by atoms with Gasteiger partial charge in [0.05, 0.1) is 6.04 Å². The van der Waals surface area contributed by atoms with Gasteiger partial charge in [0.2, 0.25) is 47.3 Å². The van der Waals surface area contributed by atoms with Crippen molar-refractivity contribution in [1.29, 1.82) is 0 Å². The van der Waals surface area contributed by atoms with Gasteiger partial charge in [-0.05, 0) is 84.7 Å². The molecule has 23 heteroatoms. The number of rotatable bonds is 18. The van der Waals surface area contributed by atoms with Gasteiger partial charge in [-0.15, -0.1) is 0 Å². The molecule has 424 valence electrons. The maximum Gasteiger partial charge on any atom is 0.244 e. The van der Waals surface area contributed by atoms with Crippen LogP contribution in [0.15, 0.2) is 116 Å². The third-order valence-electron chi connectivity index (χ3n) is 13.8. The van der Waals surface area contributed by atoms with Crippen molar-refractivity contribution < 1.29 is 43.5 Å². The number of carbonyl (C=O) groups is 8. The average molecular weight is 1130 g/mol. The first-order valence-electron chi connectivity index (χ1n) is 26.5. The molecule has 0 spiro atoms. The van der Waals surface area contributed by atoms with Crippen LogP contribution in [0, 0.1) is 5.92 Å². The van der Waals surface area contributed by atoms with E-state index >= 15 is 0 Å². The Balaban J connectivity index is 1.25. The van der Waals surface area contributed by atoms with E-state index in [2.05, 4.69) is 47.2 Å². The molecule has 3 unspecified atom stereocenters. The zero-order valence-electron chi connectivity index (χ0n) is 44.5. The van der Waals surface area contributed by atoms with Gasteiger partial charge in [-0.3, -0.25) is 38.4 Å². The molecule has 0 radical (unpaired) electrons. The molecule has 3 heterocycles. The van der Waals surface area contributed by atoms with Crippen LogP contribution in [0.1, 0.15) is 55.4 Å². The molecule has 2 aromatic heterocycles. The van der Waals surface area contributed by atoms with Crippen LogP contribution in [-0.2, 0) is 64.0 Å². The van der Waals surface area contributed by atoms with Crippen LogP contribution < -0.4 is 54.4 Å². The highest BCUT2D eigenvalue weighted by Gasteiger charge is 2.36. The fourth-order valence-corrected chi connectivity index (χ4v) is 11.6. The lowest BCUT2D eigenvalue weighted by molar-refractivity contribution is -0.136. The summed E-state index contributed by atoms with van der Waals surface area (Å²) in [6, 6.07) is 19.5. The Morgan fingerprint density at radius 2 is 1.21 bits per heavy atom. The Hall–Kier alpha value is -7.86. The summed E-state index contributed by atoms with van der Waals surface area (Å²) < 4.78 is 0. The molecule has 0 saturated carbocycles. The van der Waals surface area contributed by atoms with Gasteiger partial charge in [0.1, 0.15) is 48.0 Å². The molecule has 4 aromatic carbocycles. The molecule has 1 aliphatic rings. The minimum absolute atomic E-state index is 0.00683. The fraction of sp³-hybridized carbons (Fsp3) is 0.368. The van der Waals surface area contributed by atoms with Crippen LogP contribution in [-0.4, -0.2) is 129 Å². The second-order valence-corrected chi connectivity index (χ2v) is 22.7. The van der Waals surface area contributed by atoms with Crippen molar-refractivity contribution >= 4 is 90.7 Å². The number of para-hydroxylation sites is 2. The maximum absolute atomic E-state index is 14.9. The van der Waals surface area contributed by atoms with Crippen molar-refractivity contribution in [3.63, 3.8) is 0 Å². The van der Waals surface area contributed by atoms with Gasteiger partial charge in [0, 0.05) is 65.0 Å². The number of aromatic hydroxyl groups is 1. The Bertz CT molecular complexity index is 3120. The fourth-order valence-electron chi connectivity index (χ4n) is 9.29. The van der Waals surface area contributed by atoms with Crippen LogP contribution in [0.3, 0.4) is 0 Å². The Kier molecular flexibility index (Phi) is 21.6. The van der Waals surface area contributed by atoms with Gasteiger partial charge in [-0.1, -0.05) is 114 Å². The monoisotopic (exact) mass is 1130 g/mol. The number of aromatic amines is 2. The molecule has 1 fully saturated rings. The predicted octanol–water partition coefficient (Wildman–Crippen LogP) is 2.01. The number of benzene rings is 4. The minimum Gasteiger partial charge on any atom is -0.508 e. The minimum atomic E-state index is -1.40. The highest BCUT2D eigenvalue weighted by Crippen LogP contribution is 2.25. The normalized spacial score (nSPS) is 20.8. The molecular weight excluding hydrogens is 1060 g/mol. The predicted molar refractivity (Wildman–Crippen MR) is 309 cm³/mol. The molecule has 8 amide bonds. The Labute approximate surface area is 471 Å². The Morgan fingerprint density at radius 1 is 0.637 bits per heavy atom. The molecule has 1 aliphatic heterocycles. The summed E-state index contributed by atoms with van der Waals surface area (Å²) >= 11 is 0. The van der Waals surface area contributed by atoms with Crippen LogP contribution in [0.4, 0.5) is 0 Å². The van der Waals surface area contributed by atoms with Gasteiger partial charge in [-0.2, -0.15) is 0 Å². The number of nitrogens with one attached hydrogen (secondary N) is 9. The number of hydrogen-bond acceptors (Lipinski definition) is 13. The molecule has 16 N–H and O–H groups in total. The second-order valence-electron chi connectivity index (χ2n) is 20.1. The van der Waals surface area contributed by atoms with E-state index in [1.807, 2.05) is 66.7 Å². The van der Waals surface area contributed by atoms with Gasteiger partial charge in [0.15, 0.2) is 0 Å². The second kappa shape index (κ2) is 28.9. The number of carbonyl (C=O) groups excluding carboxylic acids is 8. The molecule has 1 saturated heterocycles. The molecule has 8 atom stereocenters. The summed E-state index contributed by atoms with van der Waals surface area (Å²) in [5.74, 6) is -7.07. The number of phenolic OH excluding ortho intramolecular Hbond substituents is 1. The van der Waals surface area contributed by atoms with Crippen LogP contribution in [0.5, 0.6) is 5.75 Å². The van der Waals surface area contributed by atoms with E-state index in [4.69, 9.17) is 17.2 Å². The smallest absolute Gasteiger partial charge is 0.244 e. The zero-order valence-corrected chi connectivity index (χ0v) is 46.1. The highest BCUT2D eigenvalue weighted by atomic mass is 33.1. The van der Waals surface area contributed by atoms with Crippen LogP contribution in [0.2, 0.25) is 0 Å². The first-order valence-corrected chi connectivity index (χ1v) is 29.0. The van der Waals surface area contributed by atoms with Gasteiger partial charge in [-0.25, -0.2) is 0 Å². The first kappa shape index (κ1) is 59.8. The van der Waals surface area contributed by atoms with E-state index in [0.717, 1.165) is 49.0 Å². The quantitative estimate of drug-likeness (QED) is 0.0433. The number of phenols is 1. The Morgan fingerprint density at radius 3 is 1.86 bits per heavy atom. The van der Waals surface area contributed by atoms with Crippen molar-refractivity contribution in [1.82, 2.24) is 47.2 Å². The van der Waals surface area contributed by atoms with Crippen LogP contribution in [0.25, 0.3) is 21.8 Å². The standard InChI is InChI=1S/C57H70N12O9S2/c1-32(2)49-57(78)68-48(55(76)64-44(50(60)71)26-35-28-61-41-16-8-6-14-38(35)41)31-80-79-30-47(67-51(72)40(59)24-33-12-4-3-5-13-33)56(77)65-45(25-34-19-21-37(70)22-20-34)53(74)66-46(27-36-29-62-42-17-9-7-15-39(36)42)54(75)63-43(52(73)69-49)18-10-11-23-58/h3-9,12-17,19-22,28-29,32,40,43-49,61-62,70H,10-11,18,23-27,30-31,58-59H2,1-2H3,(H2,60,71)(H,63,75)(H,64,76)(H,65,77)(H,66,74)(H,67,72)(H,68,78)(H,69,73)/t40-,43?,44-,45+,46+,47?,48+,49?/m1/s1. The van der Waals surface area contributed by atoms with Crippen molar-refractivity contribution in [2.45, 2.75) is 107 Å². The molecular formula is C57H70N12O9S2. The number of nitrogens with two attached hydrogens (primary N) is 3. The van der Waals surface area contributed by atoms with E-state index in [9.17, 15) is 43.5 Å². The van der Waals surface area contributed by atoms with Crippen molar-refractivity contribution in [3.8, 4) is 5.75 Å². The van der Waals surface area contributed by atoms with Crippen molar-refractivity contribution in [2.24, 2.45) is 23.1 Å². The van der Waals surface area contributed by atoms with E-state index in [1.54, 1.807) is 50.5 Å². The number of aromatic nitrogens is 2. The van der Waals surface area contributed by atoms with Gasteiger partial charge < -0.3 is 69.5 Å². The lowest BCUT2D eigenvalue weighted by Gasteiger charge is -2.29. The largest absolute Gasteiger partial charge is 0.508 e. The molecule has 80 heavy (non-hydrogen) atoms. The molecule has 21 nitrogen and oxygen atoms in total. The van der Waals surface area contributed by atoms with Gasteiger partial charge in [0.25, 0.3) is 0 Å². The number of H-pyrrole nitrogens is 2. The van der Waals surface area contributed by atoms with E-state index in [0.29, 0.717) is 29.5 Å². The molecule has 7 rings (SSSR count). The highest BCUT2D eigenvalue weighted by molar-refractivity contribution is 8.76. The average Bonchev–Trinajstić information content (AvgIpc) is 4.06. The topological polar surface area (TPSA) is 351 Å². The summed E-state index contributed by atoms with van der Waals surface area (Å²) in [7, 11) is 2.13. The maximum atomic E-state index is 14.9. The SMILES string of the molecule is CC(C)C1NC(=O)C(CCCCN)NC(=O)[C@H](Cc2c[nH]c3ccccc23)NC(=O)[C@H](Cc2ccc(O)cc2)NC(=O)C(NC(=O)[C@H](N)Cc2ccccc2)CSSC[C@@H](C(=O)N[C@H](Cc2c[nH]c3ccccc23)C(N)=O)NC1=O. The summed E-state index contributed by atoms with van der Waals surface area (Å²) in [5.41, 5.74) is 22.4. The third kappa shape index (κ3) is 16.6. The van der Waals surface area contributed by atoms with E-state index < -0.39 is 102 Å². The number of hydrogen-bond donors (Lipinski definition) is 13. The number of primary amides is 1. The summed E-state index contributed by atoms with van der Waals surface area (Å²) in [5, 5.41) is 31.3. The number of amides is 8. The molecule has 0 aliphatic carbocycles. The molecule has 6 aromatic rings. The van der Waals surface area contributed by atoms with Crippen LogP contribution >= 0.6 is 21.6 Å². The summed E-state index contributed by atoms with van der Waals surface area (Å²) in [6.45, 7) is 3.68. The lowest BCUT2D eigenvalue weighted by atomic mass is 10.00. The van der Waals surface area contributed by atoms with E-state index in [-0.39, 0.29) is 55.9 Å². The first-order chi connectivity index (χ1) is 38.5. The molecule has 0 bridgehead atoms.